The van der Waals surface area contributed by atoms with Crippen molar-refractivity contribution in [2.45, 2.75) is 77.0 Å². The topological polar surface area (TPSA) is 33.0 Å². The maximum atomic E-state index is 9.76. The molecule has 2 aromatic carbocycles. The zero-order valence-electron chi connectivity index (χ0n) is 17.4. The van der Waals surface area contributed by atoms with Crippen LogP contribution in [0.5, 0.6) is 5.75 Å². The van der Waals surface area contributed by atoms with Gasteiger partial charge in [-0.25, -0.2) is 0 Å². The fraction of sp³-hybridized carbons (Fsp3) is 0.500. The molecule has 0 bridgehead atoms. The van der Waals surface area contributed by atoms with Gasteiger partial charge in [0.2, 0.25) is 0 Å². The molecular weight excluding hydrogens is 342 g/mol. The van der Waals surface area contributed by atoms with Crippen molar-refractivity contribution in [3.8, 4) is 11.8 Å². The molecule has 0 radical (unpaired) electrons. The first-order valence-corrected chi connectivity index (χ1v) is 11.0. The van der Waals surface area contributed by atoms with E-state index in [1.165, 1.54) is 42.4 Å². The first-order chi connectivity index (χ1) is 13.8. The monoisotopic (exact) mass is 375 g/mol. The maximum absolute atomic E-state index is 9.76. The predicted octanol–water partition coefficient (Wildman–Crippen LogP) is 7.13. The molecule has 0 atom stereocenters. The standard InChI is InChI=1S/C26H33NO/c1-3-5-18-28-26-9-6-8-24(25(26)19-27)23-16-14-22(15-17-23)21-12-10-20(7-4-2)11-13-21/h6,8-13,22-23H,3-5,7,14-18H2,1-2H3/t22-,23-. The second kappa shape index (κ2) is 10.3. The van der Waals surface area contributed by atoms with Crippen molar-refractivity contribution in [2.24, 2.45) is 0 Å². The lowest BCUT2D eigenvalue weighted by molar-refractivity contribution is 0.307. The van der Waals surface area contributed by atoms with Crippen LogP contribution in [0.2, 0.25) is 0 Å². The van der Waals surface area contributed by atoms with Crippen LogP contribution >= 0.6 is 0 Å². The van der Waals surface area contributed by atoms with Gasteiger partial charge in [-0.05, 0) is 73.1 Å². The van der Waals surface area contributed by atoms with Gasteiger partial charge in [0.1, 0.15) is 11.8 Å². The van der Waals surface area contributed by atoms with Gasteiger partial charge in [0.05, 0.1) is 12.2 Å². The quantitative estimate of drug-likeness (QED) is 0.460. The molecule has 0 aliphatic heterocycles. The molecule has 0 unspecified atom stereocenters. The fourth-order valence-electron chi connectivity index (χ4n) is 4.44. The normalized spacial score (nSPS) is 19.2. The van der Waals surface area contributed by atoms with E-state index in [-0.39, 0.29) is 0 Å². The summed E-state index contributed by atoms with van der Waals surface area (Å²) in [6.07, 6.45) is 9.19. The lowest BCUT2D eigenvalue weighted by Gasteiger charge is -2.30. The van der Waals surface area contributed by atoms with Crippen LogP contribution in [0, 0.1) is 11.3 Å². The van der Waals surface area contributed by atoms with E-state index in [4.69, 9.17) is 4.74 Å². The Kier molecular flexibility index (Phi) is 7.54. The molecule has 28 heavy (non-hydrogen) atoms. The summed E-state index contributed by atoms with van der Waals surface area (Å²) in [6.45, 7) is 5.07. The molecule has 2 nitrogen and oxygen atoms in total. The zero-order chi connectivity index (χ0) is 19.8. The summed E-state index contributed by atoms with van der Waals surface area (Å²) in [5.74, 6) is 1.89. The van der Waals surface area contributed by atoms with Crippen molar-refractivity contribution in [2.75, 3.05) is 6.61 Å². The molecule has 1 saturated carbocycles. The first kappa shape index (κ1) is 20.5. The number of ether oxygens (including phenoxy) is 1. The van der Waals surface area contributed by atoms with Crippen LogP contribution in [0.1, 0.15) is 92.9 Å². The molecule has 0 amide bonds. The van der Waals surface area contributed by atoms with Gasteiger partial charge in [-0.15, -0.1) is 0 Å². The molecule has 148 valence electrons. The Hall–Kier alpha value is -2.27. The lowest BCUT2D eigenvalue weighted by atomic mass is 9.75. The van der Waals surface area contributed by atoms with E-state index in [0.29, 0.717) is 18.4 Å². The van der Waals surface area contributed by atoms with Crippen molar-refractivity contribution in [3.63, 3.8) is 0 Å². The van der Waals surface area contributed by atoms with Crippen LogP contribution in [0.15, 0.2) is 42.5 Å². The van der Waals surface area contributed by atoms with Crippen molar-refractivity contribution >= 4 is 0 Å². The average Bonchev–Trinajstić information content (AvgIpc) is 2.75. The number of aryl methyl sites for hydroxylation is 1. The zero-order valence-corrected chi connectivity index (χ0v) is 17.4. The van der Waals surface area contributed by atoms with Gasteiger partial charge < -0.3 is 4.74 Å². The molecule has 1 fully saturated rings. The maximum Gasteiger partial charge on any atom is 0.137 e. The lowest BCUT2D eigenvalue weighted by Crippen LogP contribution is -2.13. The summed E-state index contributed by atoms with van der Waals surface area (Å²) in [4.78, 5) is 0. The van der Waals surface area contributed by atoms with Gasteiger partial charge in [-0.3, -0.25) is 0 Å². The number of hydrogen-bond donors (Lipinski definition) is 0. The third kappa shape index (κ3) is 4.96. The third-order valence-electron chi connectivity index (χ3n) is 6.08. The van der Waals surface area contributed by atoms with Gasteiger partial charge in [0, 0.05) is 0 Å². The predicted molar refractivity (Wildman–Crippen MR) is 116 cm³/mol. The average molecular weight is 376 g/mol. The smallest absolute Gasteiger partial charge is 0.137 e. The van der Waals surface area contributed by atoms with Gasteiger partial charge >= 0.3 is 0 Å². The summed E-state index contributed by atoms with van der Waals surface area (Å²) >= 11 is 0. The summed E-state index contributed by atoms with van der Waals surface area (Å²) in [5, 5.41) is 9.76. The van der Waals surface area contributed by atoms with E-state index in [1.54, 1.807) is 0 Å². The van der Waals surface area contributed by atoms with Crippen molar-refractivity contribution < 1.29 is 4.74 Å². The van der Waals surface area contributed by atoms with Crippen LogP contribution in [0.25, 0.3) is 0 Å². The number of unbranched alkanes of at least 4 members (excludes halogenated alkanes) is 1. The minimum absolute atomic E-state index is 0.472. The van der Waals surface area contributed by atoms with Crippen LogP contribution in [0.4, 0.5) is 0 Å². The molecule has 2 aromatic rings. The Balaban J connectivity index is 1.66. The van der Waals surface area contributed by atoms with E-state index in [2.05, 4.69) is 56.3 Å². The summed E-state index contributed by atoms with van der Waals surface area (Å²) < 4.78 is 5.90. The minimum atomic E-state index is 0.472. The van der Waals surface area contributed by atoms with E-state index in [1.807, 2.05) is 6.07 Å². The minimum Gasteiger partial charge on any atom is -0.492 e. The molecule has 0 saturated heterocycles. The molecule has 2 heteroatoms. The molecule has 0 heterocycles. The highest BCUT2D eigenvalue weighted by Gasteiger charge is 2.26. The second-order valence-electron chi connectivity index (χ2n) is 8.07. The highest BCUT2D eigenvalue weighted by Crippen LogP contribution is 2.42. The van der Waals surface area contributed by atoms with Crippen molar-refractivity contribution in [1.82, 2.24) is 0 Å². The summed E-state index contributed by atoms with van der Waals surface area (Å²) in [5.41, 5.74) is 4.87. The summed E-state index contributed by atoms with van der Waals surface area (Å²) in [6, 6.07) is 17.8. The van der Waals surface area contributed by atoms with Gasteiger partial charge in [0.25, 0.3) is 0 Å². The Morgan fingerprint density at radius 3 is 2.29 bits per heavy atom. The Morgan fingerprint density at radius 2 is 1.64 bits per heavy atom. The Labute approximate surface area is 170 Å². The Bertz CT molecular complexity index is 779. The molecule has 0 N–H and O–H groups in total. The SMILES string of the molecule is CCCCOc1cccc([C@H]2CC[C@H](c3ccc(CCC)cc3)CC2)c1C#N. The highest BCUT2D eigenvalue weighted by molar-refractivity contribution is 5.50. The van der Waals surface area contributed by atoms with E-state index in [9.17, 15) is 5.26 Å². The Morgan fingerprint density at radius 1 is 0.929 bits per heavy atom. The van der Waals surface area contributed by atoms with Crippen molar-refractivity contribution in [3.05, 3.63) is 64.7 Å². The number of nitriles is 1. The molecular formula is C26H33NO. The highest BCUT2D eigenvalue weighted by atomic mass is 16.5. The van der Waals surface area contributed by atoms with Crippen LogP contribution < -0.4 is 4.74 Å². The fourth-order valence-corrected chi connectivity index (χ4v) is 4.44. The molecule has 0 aromatic heterocycles. The van der Waals surface area contributed by atoms with Gasteiger partial charge in [0.15, 0.2) is 0 Å². The van der Waals surface area contributed by atoms with Crippen LogP contribution in [-0.4, -0.2) is 6.61 Å². The second-order valence-corrected chi connectivity index (χ2v) is 8.07. The van der Waals surface area contributed by atoms with E-state index < -0.39 is 0 Å². The number of nitrogens with zero attached hydrogens (tertiary/aromatic N) is 1. The number of rotatable bonds is 8. The largest absolute Gasteiger partial charge is 0.492 e. The third-order valence-corrected chi connectivity index (χ3v) is 6.08. The van der Waals surface area contributed by atoms with Crippen LogP contribution in [0.3, 0.4) is 0 Å². The number of benzene rings is 2. The van der Waals surface area contributed by atoms with Gasteiger partial charge in [-0.2, -0.15) is 5.26 Å². The van der Waals surface area contributed by atoms with E-state index >= 15 is 0 Å². The van der Waals surface area contributed by atoms with Crippen LogP contribution in [-0.2, 0) is 6.42 Å². The van der Waals surface area contributed by atoms with Gasteiger partial charge in [-0.1, -0.05) is 63.1 Å². The number of hydrogen-bond acceptors (Lipinski definition) is 2. The summed E-state index contributed by atoms with van der Waals surface area (Å²) in [7, 11) is 0. The molecule has 1 aliphatic carbocycles. The van der Waals surface area contributed by atoms with E-state index in [0.717, 1.165) is 37.0 Å². The molecule has 3 rings (SSSR count). The molecule has 0 spiro atoms. The first-order valence-electron chi connectivity index (χ1n) is 11.0. The molecule has 1 aliphatic rings. The van der Waals surface area contributed by atoms with Crippen molar-refractivity contribution in [1.29, 1.82) is 5.26 Å².